The van der Waals surface area contributed by atoms with E-state index in [9.17, 15) is 0 Å². The molecule has 0 saturated heterocycles. The van der Waals surface area contributed by atoms with Gasteiger partial charge in [-0.15, -0.1) is 0 Å². The zero-order valence-electron chi connectivity index (χ0n) is 32.0. The number of hydrogen-bond acceptors (Lipinski definition) is 2. The van der Waals surface area contributed by atoms with Crippen molar-refractivity contribution in [2.75, 3.05) is 9.80 Å². The normalized spacial score (nSPS) is 11.8. The van der Waals surface area contributed by atoms with Gasteiger partial charge in [0, 0.05) is 33.5 Å². The molecule has 0 radical (unpaired) electrons. The maximum absolute atomic E-state index is 2.46. The summed E-state index contributed by atoms with van der Waals surface area (Å²) in [5.41, 5.74) is 12.0. The lowest BCUT2D eigenvalue weighted by molar-refractivity contribution is 0.591. The van der Waals surface area contributed by atoms with E-state index in [1.807, 2.05) is 0 Å². The second-order valence-electron chi connectivity index (χ2n) is 15.9. The van der Waals surface area contributed by atoms with E-state index in [2.05, 4.69) is 216 Å². The van der Waals surface area contributed by atoms with Crippen LogP contribution >= 0.6 is 0 Å². The Hall–Kier alpha value is -5.86. The lowest BCUT2D eigenvalue weighted by Crippen LogP contribution is -2.13. The van der Waals surface area contributed by atoms with Crippen molar-refractivity contribution in [3.63, 3.8) is 0 Å². The molecule has 0 saturated carbocycles. The van der Waals surface area contributed by atoms with Crippen LogP contribution in [-0.4, -0.2) is 0 Å². The van der Waals surface area contributed by atoms with Crippen molar-refractivity contribution in [1.82, 2.24) is 0 Å². The molecule has 8 rings (SSSR count). The number of fused-ring (bicyclic) bond motifs is 5. The molecule has 0 bridgehead atoms. The molecule has 0 unspecified atom stereocenters. The van der Waals surface area contributed by atoms with Crippen LogP contribution in [0.4, 0.5) is 34.1 Å². The third kappa shape index (κ3) is 6.44. The molecule has 0 aliphatic carbocycles. The smallest absolute Gasteiger partial charge is 0.0546 e. The van der Waals surface area contributed by atoms with Gasteiger partial charge in [0.25, 0.3) is 0 Å². The summed E-state index contributed by atoms with van der Waals surface area (Å²) < 4.78 is 0. The Bertz CT molecular complexity index is 2560. The molecular weight excluding hydrogens is 641 g/mol. The Morgan fingerprint density at radius 1 is 0.396 bits per heavy atom. The monoisotopic (exact) mass is 688 g/mol. The van der Waals surface area contributed by atoms with Gasteiger partial charge in [0.2, 0.25) is 0 Å². The van der Waals surface area contributed by atoms with Crippen molar-refractivity contribution in [1.29, 1.82) is 0 Å². The molecule has 0 heterocycles. The van der Waals surface area contributed by atoms with Crippen LogP contribution in [0, 0.1) is 13.8 Å². The Morgan fingerprint density at radius 3 is 1.32 bits per heavy atom. The summed E-state index contributed by atoms with van der Waals surface area (Å²) in [4.78, 5) is 4.88. The molecule has 262 valence electrons. The van der Waals surface area contributed by atoms with E-state index in [0.29, 0.717) is 5.92 Å². The summed E-state index contributed by atoms with van der Waals surface area (Å²) in [5, 5.41) is 7.47. The largest absolute Gasteiger partial charge is 0.310 e. The highest BCUT2D eigenvalue weighted by atomic mass is 15.1. The molecule has 0 aliphatic heterocycles. The predicted octanol–water partition coefficient (Wildman–Crippen LogP) is 15.1. The van der Waals surface area contributed by atoms with Crippen molar-refractivity contribution in [3.8, 4) is 0 Å². The standard InChI is InChI=1S/C51H48N2/c1-34(2)37-22-28-44-45(30-37)47-33-50(53(40-16-12-9-13-17-40)42-26-20-36(4)21-27-42)48-31-38(51(5,6)7)23-29-43(48)46(47)32-49(44)52(39-14-10-8-11-15-39)41-24-18-35(3)19-25-41/h8-34H,1-7H3. The lowest BCUT2D eigenvalue weighted by Gasteiger charge is -2.30. The van der Waals surface area contributed by atoms with Crippen molar-refractivity contribution in [2.24, 2.45) is 0 Å². The van der Waals surface area contributed by atoms with Gasteiger partial charge in [0.05, 0.1) is 11.4 Å². The predicted molar refractivity (Wildman–Crippen MR) is 231 cm³/mol. The van der Waals surface area contributed by atoms with Gasteiger partial charge < -0.3 is 9.80 Å². The minimum absolute atomic E-state index is 0.0158. The zero-order valence-corrected chi connectivity index (χ0v) is 32.0. The third-order valence-electron chi connectivity index (χ3n) is 10.7. The molecule has 2 heteroatoms. The highest BCUT2D eigenvalue weighted by Gasteiger charge is 2.24. The van der Waals surface area contributed by atoms with E-state index in [0.717, 1.165) is 22.7 Å². The Labute approximate surface area is 315 Å². The first-order valence-corrected chi connectivity index (χ1v) is 18.9. The van der Waals surface area contributed by atoms with Gasteiger partial charge in [0.1, 0.15) is 0 Å². The second kappa shape index (κ2) is 13.6. The maximum atomic E-state index is 2.46. The Kier molecular flexibility index (Phi) is 8.79. The van der Waals surface area contributed by atoms with Gasteiger partial charge in [-0.2, -0.15) is 0 Å². The van der Waals surface area contributed by atoms with E-state index in [4.69, 9.17) is 0 Å². The van der Waals surface area contributed by atoms with Crippen LogP contribution in [0.25, 0.3) is 32.3 Å². The molecule has 8 aromatic carbocycles. The highest BCUT2D eigenvalue weighted by Crippen LogP contribution is 2.48. The van der Waals surface area contributed by atoms with Crippen molar-refractivity contribution in [2.45, 2.75) is 59.8 Å². The first-order chi connectivity index (χ1) is 25.6. The molecule has 0 atom stereocenters. The van der Waals surface area contributed by atoms with Crippen LogP contribution in [0.5, 0.6) is 0 Å². The van der Waals surface area contributed by atoms with Crippen LogP contribution in [0.15, 0.2) is 158 Å². The van der Waals surface area contributed by atoms with Crippen LogP contribution in [0.2, 0.25) is 0 Å². The number of rotatable bonds is 7. The summed E-state index contributed by atoms with van der Waals surface area (Å²) in [6, 6.07) is 58.7. The molecule has 0 fully saturated rings. The third-order valence-corrected chi connectivity index (χ3v) is 10.7. The molecule has 0 aromatic heterocycles. The fourth-order valence-corrected chi connectivity index (χ4v) is 7.62. The highest BCUT2D eigenvalue weighted by molar-refractivity contribution is 6.24. The van der Waals surface area contributed by atoms with E-state index in [1.54, 1.807) is 0 Å². The second-order valence-corrected chi connectivity index (χ2v) is 15.9. The van der Waals surface area contributed by atoms with E-state index < -0.39 is 0 Å². The Morgan fingerprint density at radius 2 is 0.830 bits per heavy atom. The van der Waals surface area contributed by atoms with Gasteiger partial charge in [-0.3, -0.25) is 0 Å². The average Bonchev–Trinajstić information content (AvgIpc) is 3.17. The number of nitrogens with zero attached hydrogens (tertiary/aromatic N) is 2. The van der Waals surface area contributed by atoms with Gasteiger partial charge >= 0.3 is 0 Å². The quantitative estimate of drug-likeness (QED) is 0.154. The first kappa shape index (κ1) is 34.2. The number of hydrogen-bond donors (Lipinski definition) is 0. The van der Waals surface area contributed by atoms with Gasteiger partial charge in [-0.1, -0.05) is 137 Å². The fourth-order valence-electron chi connectivity index (χ4n) is 7.62. The molecule has 0 N–H and O–H groups in total. The molecule has 0 spiro atoms. The molecule has 2 nitrogen and oxygen atoms in total. The van der Waals surface area contributed by atoms with Crippen LogP contribution < -0.4 is 9.80 Å². The number of para-hydroxylation sites is 2. The summed E-state index contributed by atoms with van der Waals surface area (Å²) in [5.74, 6) is 0.392. The SMILES string of the molecule is Cc1ccc(N(c2ccccc2)c2cc3c4cc(C(C)C)ccc4c(N(c4ccccc4)c4ccc(C)cc4)cc3c3ccc(C(C)(C)C)cc23)cc1. The Balaban J connectivity index is 1.54. The molecule has 0 aliphatic rings. The summed E-state index contributed by atoms with van der Waals surface area (Å²) in [6.07, 6.45) is 0. The maximum Gasteiger partial charge on any atom is 0.0546 e. The average molecular weight is 689 g/mol. The minimum atomic E-state index is -0.0158. The minimum Gasteiger partial charge on any atom is -0.310 e. The summed E-state index contributed by atoms with van der Waals surface area (Å²) in [7, 11) is 0. The van der Waals surface area contributed by atoms with E-state index >= 15 is 0 Å². The van der Waals surface area contributed by atoms with Crippen LogP contribution in [-0.2, 0) is 5.41 Å². The first-order valence-electron chi connectivity index (χ1n) is 18.9. The number of benzene rings is 8. The van der Waals surface area contributed by atoms with Crippen molar-refractivity contribution >= 4 is 66.4 Å². The van der Waals surface area contributed by atoms with E-state index in [-0.39, 0.29) is 5.41 Å². The van der Waals surface area contributed by atoms with Gasteiger partial charge in [-0.25, -0.2) is 0 Å². The van der Waals surface area contributed by atoms with Gasteiger partial charge in [0.15, 0.2) is 0 Å². The van der Waals surface area contributed by atoms with Crippen LogP contribution in [0.3, 0.4) is 0 Å². The molecule has 0 amide bonds. The fraction of sp³-hybridized carbons (Fsp3) is 0.176. The van der Waals surface area contributed by atoms with E-state index in [1.165, 1.54) is 65.9 Å². The summed E-state index contributed by atoms with van der Waals surface area (Å²) in [6.45, 7) is 15.8. The topological polar surface area (TPSA) is 6.48 Å². The number of anilines is 6. The molecule has 8 aromatic rings. The van der Waals surface area contributed by atoms with Crippen molar-refractivity contribution in [3.05, 3.63) is 180 Å². The molecular formula is C51H48N2. The van der Waals surface area contributed by atoms with Gasteiger partial charge in [-0.05, 0) is 125 Å². The van der Waals surface area contributed by atoms with Crippen molar-refractivity contribution < 1.29 is 0 Å². The summed E-state index contributed by atoms with van der Waals surface area (Å²) >= 11 is 0. The van der Waals surface area contributed by atoms with Crippen LogP contribution in [0.1, 0.15) is 62.8 Å². The molecule has 53 heavy (non-hydrogen) atoms. The lowest BCUT2D eigenvalue weighted by atomic mass is 9.84. The zero-order chi connectivity index (χ0) is 36.9. The number of aryl methyl sites for hydroxylation is 2.